The predicted molar refractivity (Wildman–Crippen MR) is 122 cm³/mol. The first-order chi connectivity index (χ1) is 12.3. The van der Waals surface area contributed by atoms with Crippen LogP contribution in [0.15, 0.2) is 35.3 Å². The molecule has 2 N–H and O–H groups in total. The van der Waals surface area contributed by atoms with E-state index < -0.39 is 0 Å². The number of hydrogen-bond acceptors (Lipinski definition) is 3. The zero-order valence-corrected chi connectivity index (χ0v) is 18.3. The lowest BCUT2D eigenvalue weighted by Gasteiger charge is -2.36. The highest BCUT2D eigenvalue weighted by molar-refractivity contribution is 14.0. The fourth-order valence-corrected chi connectivity index (χ4v) is 3.25. The maximum atomic E-state index is 4.70. The van der Waals surface area contributed by atoms with Gasteiger partial charge in [-0.1, -0.05) is 18.2 Å². The van der Waals surface area contributed by atoms with Gasteiger partial charge in [0.15, 0.2) is 5.96 Å². The highest BCUT2D eigenvalue weighted by Crippen LogP contribution is 2.18. The molecule has 0 spiro atoms. The second kappa shape index (κ2) is 11.6. The normalized spacial score (nSPS) is 18.3. The van der Waals surface area contributed by atoms with Gasteiger partial charge in [-0.2, -0.15) is 0 Å². The highest BCUT2D eigenvalue weighted by Gasteiger charge is 2.22. The Morgan fingerprint density at radius 2 is 1.81 bits per heavy atom. The van der Waals surface area contributed by atoms with Crippen molar-refractivity contribution in [2.75, 3.05) is 50.7 Å². The number of para-hydroxylation sites is 1. The Kier molecular flexibility index (Phi) is 9.53. The molecule has 5 nitrogen and oxygen atoms in total. The van der Waals surface area contributed by atoms with Crippen LogP contribution in [0.4, 0.5) is 5.69 Å². The number of halogens is 1. The van der Waals surface area contributed by atoms with Crippen molar-refractivity contribution < 1.29 is 0 Å². The molecule has 3 rings (SSSR count). The zero-order valence-electron chi connectivity index (χ0n) is 16.0. The third-order valence-corrected chi connectivity index (χ3v) is 4.91. The number of aliphatic imine (C=N–C) groups is 1. The molecule has 0 amide bonds. The minimum absolute atomic E-state index is 0. The summed E-state index contributed by atoms with van der Waals surface area (Å²) in [6.45, 7) is 9.80. The summed E-state index contributed by atoms with van der Waals surface area (Å²) >= 11 is 0. The Morgan fingerprint density at radius 3 is 2.46 bits per heavy atom. The first-order valence-electron chi connectivity index (χ1n) is 9.92. The van der Waals surface area contributed by atoms with Crippen molar-refractivity contribution in [3.63, 3.8) is 0 Å². The SMILES string of the molecule is CCNC(=NCCCCN1CCN(c2ccccc2)CC1)NC1CC1.I. The van der Waals surface area contributed by atoms with E-state index in [2.05, 4.69) is 57.7 Å². The van der Waals surface area contributed by atoms with E-state index >= 15 is 0 Å². The molecule has 0 unspecified atom stereocenters. The lowest BCUT2D eigenvalue weighted by Crippen LogP contribution is -2.46. The highest BCUT2D eigenvalue weighted by atomic mass is 127. The topological polar surface area (TPSA) is 42.9 Å². The van der Waals surface area contributed by atoms with E-state index in [4.69, 9.17) is 4.99 Å². The number of benzene rings is 1. The zero-order chi connectivity index (χ0) is 17.3. The molecule has 146 valence electrons. The number of hydrogen-bond donors (Lipinski definition) is 2. The molecule has 0 bridgehead atoms. The maximum Gasteiger partial charge on any atom is 0.191 e. The first kappa shape index (κ1) is 21.3. The van der Waals surface area contributed by atoms with Crippen LogP contribution in [0.5, 0.6) is 0 Å². The van der Waals surface area contributed by atoms with Crippen LogP contribution in [-0.4, -0.2) is 62.7 Å². The van der Waals surface area contributed by atoms with E-state index in [1.165, 1.54) is 51.0 Å². The second-order valence-corrected chi connectivity index (χ2v) is 7.05. The number of anilines is 1. The Balaban J connectivity index is 0.00000243. The Bertz CT molecular complexity index is 524. The third kappa shape index (κ3) is 7.31. The van der Waals surface area contributed by atoms with Crippen LogP contribution in [-0.2, 0) is 0 Å². The van der Waals surface area contributed by atoms with Gasteiger partial charge < -0.3 is 15.5 Å². The minimum Gasteiger partial charge on any atom is -0.369 e. The van der Waals surface area contributed by atoms with E-state index in [-0.39, 0.29) is 24.0 Å². The van der Waals surface area contributed by atoms with Crippen LogP contribution < -0.4 is 15.5 Å². The fraction of sp³-hybridized carbons (Fsp3) is 0.650. The summed E-state index contributed by atoms with van der Waals surface area (Å²) in [5, 5.41) is 6.81. The summed E-state index contributed by atoms with van der Waals surface area (Å²) in [7, 11) is 0. The Labute approximate surface area is 175 Å². The Morgan fingerprint density at radius 1 is 1.08 bits per heavy atom. The van der Waals surface area contributed by atoms with Crippen LogP contribution >= 0.6 is 24.0 Å². The van der Waals surface area contributed by atoms with Crippen molar-refractivity contribution >= 4 is 35.6 Å². The number of unbranched alkanes of at least 4 members (excludes halogenated alkanes) is 1. The number of piperazine rings is 1. The molecule has 1 saturated heterocycles. The molecule has 1 aromatic carbocycles. The smallest absolute Gasteiger partial charge is 0.191 e. The van der Waals surface area contributed by atoms with Gasteiger partial charge in [0.1, 0.15) is 0 Å². The summed E-state index contributed by atoms with van der Waals surface area (Å²) in [4.78, 5) is 9.78. The Hall–Kier alpha value is -1.02. The van der Waals surface area contributed by atoms with Gasteiger partial charge in [0.2, 0.25) is 0 Å². The molecular weight excluding hydrogens is 437 g/mol. The number of rotatable bonds is 8. The molecule has 1 saturated carbocycles. The molecule has 1 heterocycles. The standard InChI is InChI=1S/C20H33N5.HI/c1-2-21-20(23-18-10-11-18)22-12-6-7-13-24-14-16-25(17-15-24)19-8-4-3-5-9-19;/h3-5,8-9,18H,2,6-7,10-17H2,1H3,(H2,21,22,23);1H. The average Bonchev–Trinajstić information content (AvgIpc) is 3.47. The van der Waals surface area contributed by atoms with Crippen molar-refractivity contribution in [2.24, 2.45) is 4.99 Å². The van der Waals surface area contributed by atoms with Crippen molar-refractivity contribution in [2.45, 2.75) is 38.6 Å². The molecule has 0 aromatic heterocycles. The number of nitrogens with one attached hydrogen (secondary N) is 2. The summed E-state index contributed by atoms with van der Waals surface area (Å²) < 4.78 is 0. The van der Waals surface area contributed by atoms with Gasteiger partial charge in [-0.25, -0.2) is 0 Å². The number of guanidine groups is 1. The number of nitrogens with zero attached hydrogens (tertiary/aromatic N) is 3. The summed E-state index contributed by atoms with van der Waals surface area (Å²) in [6, 6.07) is 11.4. The molecule has 2 aliphatic rings. The molecule has 2 fully saturated rings. The lowest BCUT2D eigenvalue weighted by atomic mass is 10.2. The van der Waals surface area contributed by atoms with Crippen molar-refractivity contribution in [3.05, 3.63) is 30.3 Å². The van der Waals surface area contributed by atoms with Gasteiger partial charge in [-0.15, -0.1) is 24.0 Å². The lowest BCUT2D eigenvalue weighted by molar-refractivity contribution is 0.253. The quantitative estimate of drug-likeness (QED) is 0.265. The van der Waals surface area contributed by atoms with E-state index in [0.717, 1.165) is 32.1 Å². The molecule has 0 radical (unpaired) electrons. The summed E-state index contributed by atoms with van der Waals surface area (Å²) in [5.41, 5.74) is 1.36. The van der Waals surface area contributed by atoms with Crippen LogP contribution in [0.1, 0.15) is 32.6 Å². The minimum atomic E-state index is 0. The first-order valence-corrected chi connectivity index (χ1v) is 9.92. The van der Waals surface area contributed by atoms with Gasteiger partial charge in [0.25, 0.3) is 0 Å². The summed E-state index contributed by atoms with van der Waals surface area (Å²) in [6.07, 6.45) is 4.98. The van der Waals surface area contributed by atoms with E-state index in [1.54, 1.807) is 0 Å². The van der Waals surface area contributed by atoms with Crippen molar-refractivity contribution in [1.82, 2.24) is 15.5 Å². The monoisotopic (exact) mass is 471 g/mol. The van der Waals surface area contributed by atoms with Gasteiger partial charge in [0.05, 0.1) is 0 Å². The molecule has 1 aromatic rings. The van der Waals surface area contributed by atoms with Crippen molar-refractivity contribution in [1.29, 1.82) is 0 Å². The van der Waals surface area contributed by atoms with E-state index in [1.807, 2.05) is 0 Å². The van der Waals surface area contributed by atoms with Crippen LogP contribution in [0.25, 0.3) is 0 Å². The van der Waals surface area contributed by atoms with Gasteiger partial charge in [-0.05, 0) is 51.3 Å². The molecular formula is C20H34IN5. The molecule has 0 atom stereocenters. The van der Waals surface area contributed by atoms with E-state index in [0.29, 0.717) is 6.04 Å². The largest absolute Gasteiger partial charge is 0.369 e. The van der Waals surface area contributed by atoms with Gasteiger partial charge in [-0.3, -0.25) is 9.89 Å². The van der Waals surface area contributed by atoms with Crippen LogP contribution in [0.3, 0.4) is 0 Å². The second-order valence-electron chi connectivity index (χ2n) is 7.05. The van der Waals surface area contributed by atoms with E-state index in [9.17, 15) is 0 Å². The van der Waals surface area contributed by atoms with Gasteiger partial charge >= 0.3 is 0 Å². The summed E-state index contributed by atoms with van der Waals surface area (Å²) in [5.74, 6) is 1.00. The van der Waals surface area contributed by atoms with Crippen LogP contribution in [0.2, 0.25) is 0 Å². The molecule has 1 aliphatic carbocycles. The molecule has 1 aliphatic heterocycles. The van der Waals surface area contributed by atoms with Crippen LogP contribution in [0, 0.1) is 0 Å². The molecule has 26 heavy (non-hydrogen) atoms. The molecule has 6 heteroatoms. The third-order valence-electron chi connectivity index (χ3n) is 4.91. The van der Waals surface area contributed by atoms with Crippen molar-refractivity contribution in [3.8, 4) is 0 Å². The predicted octanol–water partition coefficient (Wildman–Crippen LogP) is 2.92. The fourth-order valence-electron chi connectivity index (χ4n) is 3.25. The maximum absolute atomic E-state index is 4.70. The van der Waals surface area contributed by atoms with Gasteiger partial charge in [0, 0.05) is 51.0 Å². The average molecular weight is 471 g/mol.